The molecule has 0 radical (unpaired) electrons. The van der Waals surface area contributed by atoms with Gasteiger partial charge in [-0.15, -0.1) is 0 Å². The summed E-state index contributed by atoms with van der Waals surface area (Å²) >= 11 is 0. The number of aromatic nitrogens is 1. The zero-order chi connectivity index (χ0) is 14.9. The van der Waals surface area contributed by atoms with Gasteiger partial charge < -0.3 is 24.9 Å². The van der Waals surface area contributed by atoms with Crippen LogP contribution in [0.4, 0.5) is 11.5 Å². The largest absolute Gasteiger partial charge is 0.459 e. The molecule has 0 saturated heterocycles. The van der Waals surface area contributed by atoms with Gasteiger partial charge in [-0.1, -0.05) is 0 Å². The van der Waals surface area contributed by atoms with Crippen LogP contribution in [0.25, 0.3) is 0 Å². The molecule has 2 aromatic heterocycles. The Kier molecular flexibility index (Phi) is 5.74. The third kappa shape index (κ3) is 4.90. The van der Waals surface area contributed by atoms with Crippen LogP contribution in [0, 0.1) is 0 Å². The highest BCUT2D eigenvalue weighted by Crippen LogP contribution is 2.11. The highest BCUT2D eigenvalue weighted by atomic mass is 16.5. The van der Waals surface area contributed by atoms with Crippen molar-refractivity contribution in [3.8, 4) is 0 Å². The van der Waals surface area contributed by atoms with E-state index in [2.05, 4.69) is 15.6 Å². The van der Waals surface area contributed by atoms with Gasteiger partial charge in [0, 0.05) is 6.54 Å². The monoisotopic (exact) mass is 291 g/mol. The maximum absolute atomic E-state index is 11.7. The van der Waals surface area contributed by atoms with Crippen molar-refractivity contribution in [1.29, 1.82) is 0 Å². The normalized spacial score (nSPS) is 10.3. The Labute approximate surface area is 121 Å². The van der Waals surface area contributed by atoms with Gasteiger partial charge in [-0.25, -0.2) is 4.98 Å². The Morgan fingerprint density at radius 1 is 1.33 bits per heavy atom. The number of anilines is 2. The van der Waals surface area contributed by atoms with Crippen LogP contribution in [0.2, 0.25) is 0 Å². The van der Waals surface area contributed by atoms with Crippen molar-refractivity contribution in [1.82, 2.24) is 4.98 Å². The molecule has 0 fully saturated rings. The lowest BCUT2D eigenvalue weighted by atomic mass is 10.3. The van der Waals surface area contributed by atoms with Crippen LogP contribution in [-0.4, -0.2) is 42.4 Å². The number of ether oxygens (including phenoxy) is 1. The number of carbonyl (C=O) groups is 1. The number of aliphatic hydroxyl groups excluding tert-OH is 1. The molecule has 3 N–H and O–H groups in total. The van der Waals surface area contributed by atoms with Crippen molar-refractivity contribution >= 4 is 17.4 Å². The van der Waals surface area contributed by atoms with Crippen molar-refractivity contribution in [2.75, 3.05) is 37.0 Å². The van der Waals surface area contributed by atoms with E-state index < -0.39 is 0 Å². The Hall–Kier alpha value is -2.38. The number of hydrogen-bond acceptors (Lipinski definition) is 6. The minimum Gasteiger partial charge on any atom is -0.459 e. The van der Waals surface area contributed by atoms with Crippen molar-refractivity contribution in [3.63, 3.8) is 0 Å². The molecular weight excluding hydrogens is 274 g/mol. The van der Waals surface area contributed by atoms with Crippen molar-refractivity contribution in [2.45, 2.75) is 0 Å². The minimum atomic E-state index is -0.320. The molecule has 0 aliphatic rings. The Morgan fingerprint density at radius 2 is 2.24 bits per heavy atom. The number of aliphatic hydroxyl groups is 1. The first-order chi connectivity index (χ1) is 10.3. The average molecular weight is 291 g/mol. The summed E-state index contributed by atoms with van der Waals surface area (Å²) in [6.07, 6.45) is 3.00. The number of hydrogen-bond donors (Lipinski definition) is 3. The molecule has 2 heterocycles. The van der Waals surface area contributed by atoms with E-state index in [1.165, 1.54) is 6.26 Å². The van der Waals surface area contributed by atoms with Crippen LogP contribution in [0.5, 0.6) is 0 Å². The van der Waals surface area contributed by atoms with Gasteiger partial charge in [-0.2, -0.15) is 0 Å². The van der Waals surface area contributed by atoms with E-state index in [0.717, 1.165) is 0 Å². The number of amides is 1. The minimum absolute atomic E-state index is 0.0162. The van der Waals surface area contributed by atoms with Crippen LogP contribution in [0.1, 0.15) is 10.6 Å². The summed E-state index contributed by atoms with van der Waals surface area (Å²) in [7, 11) is 0. The van der Waals surface area contributed by atoms with Crippen molar-refractivity contribution < 1.29 is 19.1 Å². The molecule has 1 amide bonds. The number of furan rings is 1. The molecular formula is C14H17N3O4. The maximum atomic E-state index is 11.7. The molecule has 0 atom stereocenters. The van der Waals surface area contributed by atoms with Gasteiger partial charge in [0.1, 0.15) is 5.82 Å². The van der Waals surface area contributed by atoms with Crippen LogP contribution in [-0.2, 0) is 4.74 Å². The second-order valence-corrected chi connectivity index (χ2v) is 4.13. The van der Waals surface area contributed by atoms with Crippen LogP contribution < -0.4 is 10.6 Å². The van der Waals surface area contributed by atoms with E-state index in [-0.39, 0.29) is 18.3 Å². The zero-order valence-electron chi connectivity index (χ0n) is 11.4. The molecule has 0 unspecified atom stereocenters. The fourth-order valence-electron chi connectivity index (χ4n) is 1.59. The lowest BCUT2D eigenvalue weighted by Crippen LogP contribution is -2.13. The molecule has 7 heteroatoms. The zero-order valence-corrected chi connectivity index (χ0v) is 11.4. The van der Waals surface area contributed by atoms with Crippen LogP contribution in [0.15, 0.2) is 41.1 Å². The van der Waals surface area contributed by atoms with E-state index >= 15 is 0 Å². The summed E-state index contributed by atoms with van der Waals surface area (Å²) in [5.41, 5.74) is 0.582. The van der Waals surface area contributed by atoms with Crippen LogP contribution in [0.3, 0.4) is 0 Å². The molecule has 7 nitrogen and oxygen atoms in total. The van der Waals surface area contributed by atoms with Gasteiger partial charge in [0.15, 0.2) is 5.76 Å². The SMILES string of the molecule is O=C(Nc1ccc(NCCOCCO)nc1)c1ccco1. The van der Waals surface area contributed by atoms with Crippen LogP contribution >= 0.6 is 0 Å². The van der Waals surface area contributed by atoms with Gasteiger partial charge in [0.2, 0.25) is 0 Å². The summed E-state index contributed by atoms with van der Waals surface area (Å²) in [5, 5.41) is 14.3. The Balaban J connectivity index is 1.78. The molecule has 0 aliphatic heterocycles. The molecule has 0 bridgehead atoms. The summed E-state index contributed by atoms with van der Waals surface area (Å²) in [5.74, 6) is 0.608. The molecule has 0 saturated carbocycles. The molecule has 2 aromatic rings. The number of rotatable bonds is 8. The predicted octanol–water partition coefficient (Wildman–Crippen LogP) is 1.35. The smallest absolute Gasteiger partial charge is 0.291 e. The number of pyridine rings is 1. The molecule has 0 aliphatic carbocycles. The van der Waals surface area contributed by atoms with Gasteiger partial charge in [-0.05, 0) is 24.3 Å². The third-order valence-electron chi connectivity index (χ3n) is 2.55. The molecule has 0 spiro atoms. The van der Waals surface area contributed by atoms with Crippen molar-refractivity contribution in [3.05, 3.63) is 42.5 Å². The fourth-order valence-corrected chi connectivity index (χ4v) is 1.59. The van der Waals surface area contributed by atoms with E-state index in [1.54, 1.807) is 30.5 Å². The first-order valence-corrected chi connectivity index (χ1v) is 6.53. The maximum Gasteiger partial charge on any atom is 0.291 e. The first-order valence-electron chi connectivity index (χ1n) is 6.53. The number of nitrogens with zero attached hydrogens (tertiary/aromatic N) is 1. The van der Waals surface area contributed by atoms with E-state index in [0.29, 0.717) is 31.3 Å². The summed E-state index contributed by atoms with van der Waals surface area (Å²) < 4.78 is 10.1. The quantitative estimate of drug-likeness (QED) is 0.635. The Bertz CT molecular complexity index is 540. The van der Waals surface area contributed by atoms with Gasteiger partial charge >= 0.3 is 0 Å². The van der Waals surface area contributed by atoms with Gasteiger partial charge in [0.05, 0.1) is 38.0 Å². The molecule has 112 valence electrons. The standard InChI is InChI=1S/C14H17N3O4/c18-6-9-20-8-5-15-13-4-3-11(10-16-13)17-14(19)12-2-1-7-21-12/h1-4,7,10,18H,5-6,8-9H2,(H,15,16)(H,17,19). The predicted molar refractivity (Wildman–Crippen MR) is 77.3 cm³/mol. The van der Waals surface area contributed by atoms with Crippen molar-refractivity contribution in [2.24, 2.45) is 0 Å². The lowest BCUT2D eigenvalue weighted by Gasteiger charge is -2.07. The second kappa shape index (κ2) is 8.03. The topological polar surface area (TPSA) is 96.6 Å². The van der Waals surface area contributed by atoms with E-state index in [9.17, 15) is 4.79 Å². The van der Waals surface area contributed by atoms with Gasteiger partial charge in [-0.3, -0.25) is 4.79 Å². The number of carbonyl (C=O) groups excluding carboxylic acids is 1. The summed E-state index contributed by atoms with van der Waals surface area (Å²) in [6.45, 7) is 1.42. The highest BCUT2D eigenvalue weighted by molar-refractivity contribution is 6.02. The molecule has 0 aromatic carbocycles. The molecule has 21 heavy (non-hydrogen) atoms. The Morgan fingerprint density at radius 3 is 2.90 bits per heavy atom. The lowest BCUT2D eigenvalue weighted by molar-refractivity contribution is 0.0992. The summed E-state index contributed by atoms with van der Waals surface area (Å²) in [4.78, 5) is 15.9. The third-order valence-corrected chi connectivity index (χ3v) is 2.55. The fraction of sp³-hybridized carbons (Fsp3) is 0.286. The van der Waals surface area contributed by atoms with E-state index in [1.807, 2.05) is 0 Å². The summed E-state index contributed by atoms with van der Waals surface area (Å²) in [6, 6.07) is 6.73. The first kappa shape index (κ1) is 15.0. The second-order valence-electron chi connectivity index (χ2n) is 4.13. The number of nitrogens with one attached hydrogen (secondary N) is 2. The molecule has 2 rings (SSSR count). The highest BCUT2D eigenvalue weighted by Gasteiger charge is 2.08. The van der Waals surface area contributed by atoms with Gasteiger partial charge in [0.25, 0.3) is 5.91 Å². The average Bonchev–Trinajstić information content (AvgIpc) is 3.03. The van der Waals surface area contributed by atoms with E-state index in [4.69, 9.17) is 14.3 Å².